The number of esters is 1. The van der Waals surface area contributed by atoms with Gasteiger partial charge in [-0.3, -0.25) is 4.79 Å². The van der Waals surface area contributed by atoms with E-state index in [4.69, 9.17) is 10.5 Å². The fourth-order valence-electron chi connectivity index (χ4n) is 2.51. The van der Waals surface area contributed by atoms with E-state index >= 15 is 0 Å². The number of carbonyl (C=O) groups is 2. The van der Waals surface area contributed by atoms with Gasteiger partial charge >= 0.3 is 5.97 Å². The standard InChI is InChI=1S/C12H19N5O3/c1-3-8(11(13)18)17-10(7-5-4-6-14-7)9(15-16-17)12(19)20-2/h7-8,14H,3-6H2,1-2H3,(H2,13,18). The van der Waals surface area contributed by atoms with Crippen LogP contribution in [-0.4, -0.2) is 40.5 Å². The third kappa shape index (κ3) is 2.51. The maximum atomic E-state index is 11.8. The lowest BCUT2D eigenvalue weighted by atomic mass is 10.1. The molecule has 110 valence electrons. The number of rotatable bonds is 5. The van der Waals surface area contributed by atoms with Crippen molar-refractivity contribution in [3.05, 3.63) is 11.4 Å². The molecule has 8 nitrogen and oxygen atoms in total. The number of hydrogen-bond acceptors (Lipinski definition) is 6. The van der Waals surface area contributed by atoms with E-state index < -0.39 is 17.9 Å². The van der Waals surface area contributed by atoms with Gasteiger partial charge in [-0.1, -0.05) is 12.1 Å². The molecule has 1 aliphatic heterocycles. The summed E-state index contributed by atoms with van der Waals surface area (Å²) in [5.74, 6) is -1.05. The molecule has 1 aliphatic rings. The average molecular weight is 281 g/mol. The lowest BCUT2D eigenvalue weighted by Gasteiger charge is -2.18. The number of amides is 1. The Labute approximate surface area is 116 Å². The lowest BCUT2D eigenvalue weighted by Crippen LogP contribution is -2.30. The Balaban J connectivity index is 2.48. The summed E-state index contributed by atoms with van der Waals surface area (Å²) in [4.78, 5) is 23.3. The molecular weight excluding hydrogens is 262 g/mol. The molecule has 2 unspecified atom stereocenters. The molecule has 1 aromatic heterocycles. The maximum Gasteiger partial charge on any atom is 0.360 e. The number of carbonyl (C=O) groups excluding carboxylic acids is 2. The zero-order chi connectivity index (χ0) is 14.7. The minimum atomic E-state index is -0.613. The molecule has 0 saturated carbocycles. The highest BCUT2D eigenvalue weighted by atomic mass is 16.5. The van der Waals surface area contributed by atoms with Gasteiger partial charge < -0.3 is 15.8 Å². The largest absolute Gasteiger partial charge is 0.464 e. The summed E-state index contributed by atoms with van der Waals surface area (Å²) in [5.41, 5.74) is 6.13. The topological polar surface area (TPSA) is 112 Å². The molecule has 0 aliphatic carbocycles. The summed E-state index contributed by atoms with van der Waals surface area (Å²) >= 11 is 0. The first-order valence-corrected chi connectivity index (χ1v) is 6.66. The normalized spacial score (nSPS) is 19.8. The van der Waals surface area contributed by atoms with Crippen molar-refractivity contribution in [3.63, 3.8) is 0 Å². The highest BCUT2D eigenvalue weighted by Gasteiger charge is 2.32. The van der Waals surface area contributed by atoms with Crippen LogP contribution in [0.3, 0.4) is 0 Å². The zero-order valence-electron chi connectivity index (χ0n) is 11.6. The number of aromatic nitrogens is 3. The maximum absolute atomic E-state index is 11.8. The van der Waals surface area contributed by atoms with E-state index in [1.54, 1.807) is 0 Å². The van der Waals surface area contributed by atoms with Crippen LogP contribution in [0, 0.1) is 0 Å². The van der Waals surface area contributed by atoms with E-state index in [9.17, 15) is 9.59 Å². The Kier molecular flexibility index (Phi) is 4.33. The van der Waals surface area contributed by atoms with Gasteiger partial charge in [0.25, 0.3) is 0 Å². The van der Waals surface area contributed by atoms with E-state index in [-0.39, 0.29) is 11.7 Å². The van der Waals surface area contributed by atoms with Crippen LogP contribution in [0.2, 0.25) is 0 Å². The molecule has 2 rings (SSSR count). The van der Waals surface area contributed by atoms with Crippen molar-refractivity contribution in [2.75, 3.05) is 13.7 Å². The van der Waals surface area contributed by atoms with E-state index in [1.165, 1.54) is 11.8 Å². The van der Waals surface area contributed by atoms with Gasteiger partial charge in [0.15, 0.2) is 5.69 Å². The van der Waals surface area contributed by atoms with Crippen molar-refractivity contribution in [1.29, 1.82) is 0 Å². The van der Waals surface area contributed by atoms with Gasteiger partial charge in [0.1, 0.15) is 6.04 Å². The molecule has 8 heteroatoms. The van der Waals surface area contributed by atoms with Gasteiger partial charge in [0.05, 0.1) is 18.8 Å². The monoisotopic (exact) mass is 281 g/mol. The molecule has 1 fully saturated rings. The Morgan fingerprint density at radius 3 is 2.85 bits per heavy atom. The van der Waals surface area contributed by atoms with Crippen LogP contribution < -0.4 is 11.1 Å². The zero-order valence-corrected chi connectivity index (χ0v) is 11.6. The Hall–Kier alpha value is -1.96. The molecule has 0 spiro atoms. The first-order chi connectivity index (χ1) is 9.60. The predicted octanol–water partition coefficient (Wildman–Crippen LogP) is -0.0744. The fraction of sp³-hybridized carbons (Fsp3) is 0.667. The van der Waals surface area contributed by atoms with Gasteiger partial charge in [0.2, 0.25) is 5.91 Å². The smallest absolute Gasteiger partial charge is 0.360 e. The molecule has 1 amide bonds. The first-order valence-electron chi connectivity index (χ1n) is 6.66. The predicted molar refractivity (Wildman–Crippen MR) is 69.9 cm³/mol. The van der Waals surface area contributed by atoms with Crippen molar-refractivity contribution in [1.82, 2.24) is 20.3 Å². The van der Waals surface area contributed by atoms with Crippen LogP contribution in [0.5, 0.6) is 0 Å². The number of nitrogens with one attached hydrogen (secondary N) is 1. The highest BCUT2D eigenvalue weighted by molar-refractivity contribution is 5.88. The molecule has 20 heavy (non-hydrogen) atoms. The molecular formula is C12H19N5O3. The quantitative estimate of drug-likeness (QED) is 0.730. The number of nitrogens with zero attached hydrogens (tertiary/aromatic N) is 3. The summed E-state index contributed by atoms with van der Waals surface area (Å²) in [6.45, 7) is 2.69. The number of nitrogens with two attached hydrogens (primary N) is 1. The van der Waals surface area contributed by atoms with E-state index in [0.717, 1.165) is 19.4 Å². The first kappa shape index (κ1) is 14.4. The van der Waals surface area contributed by atoms with Crippen molar-refractivity contribution >= 4 is 11.9 Å². The van der Waals surface area contributed by atoms with E-state index in [0.29, 0.717) is 12.1 Å². The van der Waals surface area contributed by atoms with Gasteiger partial charge in [-0.2, -0.15) is 0 Å². The Morgan fingerprint density at radius 1 is 1.60 bits per heavy atom. The number of primary amides is 1. The molecule has 2 atom stereocenters. The van der Waals surface area contributed by atoms with Crippen LogP contribution in [0.25, 0.3) is 0 Å². The van der Waals surface area contributed by atoms with Gasteiger partial charge in [-0.15, -0.1) is 5.10 Å². The van der Waals surface area contributed by atoms with Crippen LogP contribution in [0.4, 0.5) is 0 Å². The Morgan fingerprint density at radius 2 is 2.35 bits per heavy atom. The van der Waals surface area contributed by atoms with Crippen LogP contribution >= 0.6 is 0 Å². The number of methoxy groups -OCH3 is 1. The summed E-state index contributed by atoms with van der Waals surface area (Å²) in [5, 5.41) is 11.1. The summed E-state index contributed by atoms with van der Waals surface area (Å²) in [6, 6.07) is -0.675. The van der Waals surface area contributed by atoms with Crippen LogP contribution in [-0.2, 0) is 9.53 Å². The minimum Gasteiger partial charge on any atom is -0.464 e. The minimum absolute atomic E-state index is 0.0625. The second-order valence-corrected chi connectivity index (χ2v) is 4.73. The molecule has 0 aromatic carbocycles. The Bertz CT molecular complexity index is 507. The fourth-order valence-corrected chi connectivity index (χ4v) is 2.51. The second kappa shape index (κ2) is 6.00. The van der Waals surface area contributed by atoms with Gasteiger partial charge in [-0.05, 0) is 25.8 Å². The number of hydrogen-bond donors (Lipinski definition) is 2. The summed E-state index contributed by atoms with van der Waals surface area (Å²) < 4.78 is 6.18. The summed E-state index contributed by atoms with van der Waals surface area (Å²) in [6.07, 6.45) is 2.33. The number of ether oxygens (including phenoxy) is 1. The lowest BCUT2D eigenvalue weighted by molar-refractivity contribution is -0.121. The van der Waals surface area contributed by atoms with Crippen molar-refractivity contribution in [2.24, 2.45) is 5.73 Å². The highest BCUT2D eigenvalue weighted by Crippen LogP contribution is 2.28. The molecule has 1 saturated heterocycles. The van der Waals surface area contributed by atoms with Crippen molar-refractivity contribution in [2.45, 2.75) is 38.3 Å². The average Bonchev–Trinajstić information content (AvgIpc) is 3.06. The molecule has 2 heterocycles. The van der Waals surface area contributed by atoms with Crippen molar-refractivity contribution in [3.8, 4) is 0 Å². The van der Waals surface area contributed by atoms with Crippen LogP contribution in [0.1, 0.15) is 54.5 Å². The van der Waals surface area contributed by atoms with E-state index in [2.05, 4.69) is 15.6 Å². The SMILES string of the molecule is CCC(C(N)=O)n1nnc(C(=O)OC)c1C1CCCN1. The van der Waals surface area contributed by atoms with Crippen molar-refractivity contribution < 1.29 is 14.3 Å². The third-order valence-electron chi connectivity index (χ3n) is 3.51. The third-order valence-corrected chi connectivity index (χ3v) is 3.51. The molecule has 3 N–H and O–H groups in total. The van der Waals surface area contributed by atoms with Gasteiger partial charge in [-0.25, -0.2) is 9.48 Å². The molecule has 0 radical (unpaired) electrons. The van der Waals surface area contributed by atoms with Gasteiger partial charge in [0, 0.05) is 0 Å². The second-order valence-electron chi connectivity index (χ2n) is 4.73. The summed E-state index contributed by atoms with van der Waals surface area (Å²) in [7, 11) is 1.29. The molecule has 1 aromatic rings. The van der Waals surface area contributed by atoms with Crippen LogP contribution in [0.15, 0.2) is 0 Å². The van der Waals surface area contributed by atoms with E-state index in [1.807, 2.05) is 6.92 Å². The molecule has 0 bridgehead atoms.